The van der Waals surface area contributed by atoms with Gasteiger partial charge in [0.25, 0.3) is 5.91 Å². The minimum absolute atomic E-state index is 0.0245. The van der Waals surface area contributed by atoms with Crippen LogP contribution >= 0.6 is 0 Å². The Bertz CT molecular complexity index is 724. The maximum absolute atomic E-state index is 12.7. The average Bonchev–Trinajstić information content (AvgIpc) is 2.72. The van der Waals surface area contributed by atoms with Gasteiger partial charge in [0.05, 0.1) is 5.56 Å². The van der Waals surface area contributed by atoms with Gasteiger partial charge in [-0.05, 0) is 26.0 Å². The first kappa shape index (κ1) is 19.3. The van der Waals surface area contributed by atoms with Crippen molar-refractivity contribution in [3.63, 3.8) is 0 Å². The van der Waals surface area contributed by atoms with E-state index in [0.717, 1.165) is 39.3 Å². The van der Waals surface area contributed by atoms with Crippen molar-refractivity contribution < 1.29 is 4.79 Å². The van der Waals surface area contributed by atoms with Crippen molar-refractivity contribution in [2.24, 2.45) is 0 Å². The van der Waals surface area contributed by atoms with Gasteiger partial charge in [0.2, 0.25) is 5.95 Å². The molecule has 1 amide bonds. The Kier molecular flexibility index (Phi) is 6.40. The molecule has 1 aliphatic rings. The minimum Gasteiger partial charge on any atom is -0.336 e. The summed E-state index contributed by atoms with van der Waals surface area (Å²) in [5.74, 6) is 0.678. The van der Waals surface area contributed by atoms with E-state index in [0.29, 0.717) is 11.5 Å². The third-order valence-corrected chi connectivity index (χ3v) is 5.07. The molecule has 6 nitrogen and oxygen atoms in total. The summed E-state index contributed by atoms with van der Waals surface area (Å²) < 4.78 is 0. The largest absolute Gasteiger partial charge is 0.336 e. The number of benzene rings is 1. The molecule has 2 aromatic rings. The molecule has 1 aromatic heterocycles. The standard InChI is InChI=1S/C21H29N5O/c1-4-24-10-12-25(13-11-24)20(27)19-14-22-21(23-15-19)26(17(2)3)16-18-8-6-5-7-9-18/h5-9,14-15,17H,4,10-13,16H2,1-3H3. The summed E-state index contributed by atoms with van der Waals surface area (Å²) in [5, 5.41) is 0. The highest BCUT2D eigenvalue weighted by Gasteiger charge is 2.22. The Morgan fingerprint density at radius 2 is 1.70 bits per heavy atom. The first-order valence-corrected chi connectivity index (χ1v) is 9.72. The van der Waals surface area contributed by atoms with E-state index in [1.807, 2.05) is 23.1 Å². The zero-order valence-corrected chi connectivity index (χ0v) is 16.5. The number of aromatic nitrogens is 2. The molecule has 0 aliphatic carbocycles. The molecular formula is C21H29N5O. The van der Waals surface area contributed by atoms with Crippen molar-refractivity contribution in [1.82, 2.24) is 19.8 Å². The number of carbonyl (C=O) groups excluding carboxylic acids is 1. The van der Waals surface area contributed by atoms with Gasteiger partial charge >= 0.3 is 0 Å². The summed E-state index contributed by atoms with van der Waals surface area (Å²) in [5.41, 5.74) is 1.77. The van der Waals surface area contributed by atoms with E-state index < -0.39 is 0 Å². The molecule has 1 saturated heterocycles. The summed E-state index contributed by atoms with van der Waals surface area (Å²) in [4.78, 5) is 28.1. The Morgan fingerprint density at radius 3 is 2.26 bits per heavy atom. The van der Waals surface area contributed by atoms with Crippen LogP contribution in [0.25, 0.3) is 0 Å². The number of hydrogen-bond donors (Lipinski definition) is 0. The number of amides is 1. The van der Waals surface area contributed by atoms with E-state index in [-0.39, 0.29) is 11.9 Å². The SMILES string of the molecule is CCN1CCN(C(=O)c2cnc(N(Cc3ccccc3)C(C)C)nc2)CC1. The van der Waals surface area contributed by atoms with Crippen LogP contribution in [0, 0.1) is 0 Å². The average molecular weight is 367 g/mol. The van der Waals surface area contributed by atoms with Gasteiger partial charge in [-0.25, -0.2) is 9.97 Å². The molecule has 6 heteroatoms. The van der Waals surface area contributed by atoms with Crippen molar-refractivity contribution in [3.05, 3.63) is 53.9 Å². The van der Waals surface area contributed by atoms with Gasteiger partial charge in [-0.15, -0.1) is 0 Å². The molecule has 0 spiro atoms. The monoisotopic (exact) mass is 367 g/mol. The van der Waals surface area contributed by atoms with E-state index in [9.17, 15) is 4.79 Å². The first-order chi connectivity index (χ1) is 13.1. The Labute approximate surface area is 161 Å². The molecule has 0 bridgehead atoms. The fourth-order valence-corrected chi connectivity index (χ4v) is 3.29. The van der Waals surface area contributed by atoms with Crippen molar-refractivity contribution in [2.75, 3.05) is 37.6 Å². The second-order valence-electron chi connectivity index (χ2n) is 7.21. The van der Waals surface area contributed by atoms with Crippen LogP contribution in [-0.4, -0.2) is 64.4 Å². The lowest BCUT2D eigenvalue weighted by atomic mass is 10.2. The maximum Gasteiger partial charge on any atom is 0.257 e. The molecule has 144 valence electrons. The van der Waals surface area contributed by atoms with Crippen LogP contribution in [0.5, 0.6) is 0 Å². The van der Waals surface area contributed by atoms with Crippen LogP contribution in [0.2, 0.25) is 0 Å². The topological polar surface area (TPSA) is 52.6 Å². The summed E-state index contributed by atoms with van der Waals surface area (Å²) in [6.45, 7) is 11.6. The molecule has 0 radical (unpaired) electrons. The molecule has 3 rings (SSSR count). The van der Waals surface area contributed by atoms with Gasteiger partial charge in [0.15, 0.2) is 0 Å². The number of rotatable bonds is 6. The van der Waals surface area contributed by atoms with E-state index in [1.54, 1.807) is 12.4 Å². The van der Waals surface area contributed by atoms with Gasteiger partial charge in [-0.1, -0.05) is 37.3 Å². The third kappa shape index (κ3) is 4.83. The second kappa shape index (κ2) is 8.95. The summed E-state index contributed by atoms with van der Waals surface area (Å²) in [7, 11) is 0. The van der Waals surface area contributed by atoms with Gasteiger partial charge in [-0.2, -0.15) is 0 Å². The smallest absolute Gasteiger partial charge is 0.257 e. The van der Waals surface area contributed by atoms with E-state index in [1.165, 1.54) is 5.56 Å². The number of nitrogens with zero attached hydrogens (tertiary/aromatic N) is 5. The first-order valence-electron chi connectivity index (χ1n) is 9.72. The Morgan fingerprint density at radius 1 is 1.07 bits per heavy atom. The highest BCUT2D eigenvalue weighted by Crippen LogP contribution is 2.16. The van der Waals surface area contributed by atoms with E-state index in [4.69, 9.17) is 0 Å². The van der Waals surface area contributed by atoms with Crippen LogP contribution in [0.4, 0.5) is 5.95 Å². The summed E-state index contributed by atoms with van der Waals surface area (Å²) >= 11 is 0. The third-order valence-electron chi connectivity index (χ3n) is 5.07. The molecule has 1 fully saturated rings. The Balaban J connectivity index is 1.68. The predicted molar refractivity (Wildman–Crippen MR) is 108 cm³/mol. The van der Waals surface area contributed by atoms with Crippen molar-refractivity contribution in [2.45, 2.75) is 33.4 Å². The molecule has 0 unspecified atom stereocenters. The molecule has 1 aromatic carbocycles. The molecule has 0 saturated carbocycles. The minimum atomic E-state index is 0.0245. The maximum atomic E-state index is 12.7. The number of anilines is 1. The number of hydrogen-bond acceptors (Lipinski definition) is 5. The molecule has 27 heavy (non-hydrogen) atoms. The van der Waals surface area contributed by atoms with Crippen LogP contribution in [0.1, 0.15) is 36.7 Å². The quantitative estimate of drug-likeness (QED) is 0.786. The molecule has 0 N–H and O–H groups in total. The Hall–Kier alpha value is -2.47. The van der Waals surface area contributed by atoms with Crippen molar-refractivity contribution >= 4 is 11.9 Å². The summed E-state index contributed by atoms with van der Waals surface area (Å²) in [6.07, 6.45) is 3.33. The molecule has 0 atom stereocenters. The lowest BCUT2D eigenvalue weighted by molar-refractivity contribution is 0.0642. The highest BCUT2D eigenvalue weighted by atomic mass is 16.2. The van der Waals surface area contributed by atoms with Crippen molar-refractivity contribution in [3.8, 4) is 0 Å². The predicted octanol–water partition coefficient (Wildman–Crippen LogP) is 2.67. The molecular weight excluding hydrogens is 338 g/mol. The number of piperazine rings is 1. The fourth-order valence-electron chi connectivity index (χ4n) is 3.29. The normalized spacial score (nSPS) is 15.2. The summed E-state index contributed by atoms with van der Waals surface area (Å²) in [6, 6.07) is 10.5. The van der Waals surface area contributed by atoms with Crippen LogP contribution in [0.15, 0.2) is 42.7 Å². The molecule has 1 aliphatic heterocycles. The van der Waals surface area contributed by atoms with Gasteiger partial charge in [0.1, 0.15) is 0 Å². The van der Waals surface area contributed by atoms with Gasteiger partial charge in [-0.3, -0.25) is 4.79 Å². The van der Waals surface area contributed by atoms with Crippen molar-refractivity contribution in [1.29, 1.82) is 0 Å². The fraction of sp³-hybridized carbons (Fsp3) is 0.476. The number of carbonyl (C=O) groups is 1. The lowest BCUT2D eigenvalue weighted by Crippen LogP contribution is -2.48. The van der Waals surface area contributed by atoms with Crippen LogP contribution in [0.3, 0.4) is 0 Å². The zero-order chi connectivity index (χ0) is 19.2. The van der Waals surface area contributed by atoms with Gasteiger partial charge < -0.3 is 14.7 Å². The van der Waals surface area contributed by atoms with Crippen LogP contribution in [-0.2, 0) is 6.54 Å². The van der Waals surface area contributed by atoms with Crippen LogP contribution < -0.4 is 4.90 Å². The zero-order valence-electron chi connectivity index (χ0n) is 16.5. The van der Waals surface area contributed by atoms with E-state index in [2.05, 4.69) is 52.7 Å². The van der Waals surface area contributed by atoms with Gasteiger partial charge in [0, 0.05) is 51.2 Å². The second-order valence-corrected chi connectivity index (χ2v) is 7.21. The highest BCUT2D eigenvalue weighted by molar-refractivity contribution is 5.93. The molecule has 2 heterocycles. The lowest BCUT2D eigenvalue weighted by Gasteiger charge is -2.34. The van der Waals surface area contributed by atoms with E-state index >= 15 is 0 Å². The number of likely N-dealkylation sites (N-methyl/N-ethyl adjacent to an activating group) is 1.